The molecule has 0 spiro atoms. The van der Waals surface area contributed by atoms with Gasteiger partial charge in [0.25, 0.3) is 5.91 Å². The minimum atomic E-state index is -3.49. The molecule has 1 aliphatic rings. The topological polar surface area (TPSA) is 79.8 Å². The maximum atomic E-state index is 13.7. The molecule has 2 aromatic carbocycles. The minimum absolute atomic E-state index is 0. The van der Waals surface area contributed by atoms with Crippen molar-refractivity contribution in [2.45, 2.75) is 28.9 Å². The summed E-state index contributed by atoms with van der Waals surface area (Å²) < 4.78 is 31.9. The van der Waals surface area contributed by atoms with Gasteiger partial charge in [0.1, 0.15) is 0 Å². The number of benzene rings is 2. The van der Waals surface area contributed by atoms with E-state index in [0.29, 0.717) is 37.0 Å². The van der Waals surface area contributed by atoms with Gasteiger partial charge in [-0.25, -0.2) is 13.4 Å². The van der Waals surface area contributed by atoms with Crippen LogP contribution >= 0.6 is 35.5 Å². The van der Waals surface area contributed by atoms with Crippen molar-refractivity contribution in [3.63, 3.8) is 0 Å². The Morgan fingerprint density at radius 3 is 2.60 bits per heavy atom. The number of hydrogen-bond donors (Lipinski definition) is 0. The number of rotatable bonds is 8. The van der Waals surface area contributed by atoms with Gasteiger partial charge in [0.2, 0.25) is 0 Å². The second-order valence-electron chi connectivity index (χ2n) is 8.34. The molecule has 11 heteroatoms. The zero-order valence-corrected chi connectivity index (χ0v) is 23.2. The SMILES string of the molecule is CSc1cccc2sc(N(CCN3CCOCC3)C(=O)c3cccc(S(=O)(=O)C(C)C)c3)nc12.Cl. The third-order valence-corrected chi connectivity index (χ3v) is 9.81. The van der Waals surface area contributed by atoms with Gasteiger partial charge in [-0.2, -0.15) is 0 Å². The molecule has 0 atom stereocenters. The van der Waals surface area contributed by atoms with Crippen molar-refractivity contribution in [3.05, 3.63) is 48.0 Å². The number of amides is 1. The number of anilines is 1. The summed E-state index contributed by atoms with van der Waals surface area (Å²) in [5, 5.41) is 0.0522. The van der Waals surface area contributed by atoms with Crippen LogP contribution in [0.3, 0.4) is 0 Å². The lowest BCUT2D eigenvalue weighted by atomic mass is 10.2. The van der Waals surface area contributed by atoms with E-state index in [2.05, 4.69) is 4.90 Å². The van der Waals surface area contributed by atoms with Crippen molar-refractivity contribution < 1.29 is 17.9 Å². The average Bonchev–Trinajstić information content (AvgIpc) is 3.28. The largest absolute Gasteiger partial charge is 0.379 e. The average molecular weight is 556 g/mol. The van der Waals surface area contributed by atoms with Gasteiger partial charge in [0, 0.05) is 36.6 Å². The molecule has 1 saturated heterocycles. The van der Waals surface area contributed by atoms with Crippen LogP contribution in [0.15, 0.2) is 52.3 Å². The summed E-state index contributed by atoms with van der Waals surface area (Å²) >= 11 is 3.10. The lowest BCUT2D eigenvalue weighted by Crippen LogP contribution is -2.43. The van der Waals surface area contributed by atoms with Gasteiger partial charge in [-0.05, 0) is 50.4 Å². The van der Waals surface area contributed by atoms with Crippen molar-refractivity contribution in [1.29, 1.82) is 0 Å². The second kappa shape index (κ2) is 12.0. The van der Waals surface area contributed by atoms with E-state index < -0.39 is 15.1 Å². The molecule has 190 valence electrons. The van der Waals surface area contributed by atoms with Crippen LogP contribution in [0.5, 0.6) is 0 Å². The lowest BCUT2D eigenvalue weighted by Gasteiger charge is -2.29. The zero-order chi connectivity index (χ0) is 24.3. The van der Waals surface area contributed by atoms with Gasteiger partial charge in [-0.3, -0.25) is 14.6 Å². The van der Waals surface area contributed by atoms with E-state index >= 15 is 0 Å². The molecule has 3 aromatic rings. The number of ether oxygens (including phenoxy) is 1. The fourth-order valence-electron chi connectivity index (χ4n) is 3.78. The Hall–Kier alpha value is -1.69. The van der Waals surface area contributed by atoms with Gasteiger partial charge in [0.15, 0.2) is 15.0 Å². The third-order valence-electron chi connectivity index (χ3n) is 5.84. The van der Waals surface area contributed by atoms with Gasteiger partial charge in [-0.1, -0.05) is 23.5 Å². The highest BCUT2D eigenvalue weighted by molar-refractivity contribution is 7.98. The molecule has 4 rings (SSSR count). The third kappa shape index (κ3) is 6.18. The number of fused-ring (bicyclic) bond motifs is 1. The molecule has 2 heterocycles. The summed E-state index contributed by atoms with van der Waals surface area (Å²) in [5.74, 6) is -0.251. The monoisotopic (exact) mass is 555 g/mol. The summed E-state index contributed by atoms with van der Waals surface area (Å²) in [6.45, 7) is 7.43. The van der Waals surface area contributed by atoms with Crippen LogP contribution in [0.2, 0.25) is 0 Å². The zero-order valence-electron chi connectivity index (χ0n) is 20.0. The van der Waals surface area contributed by atoms with Gasteiger partial charge in [-0.15, -0.1) is 24.2 Å². The highest BCUT2D eigenvalue weighted by Crippen LogP contribution is 2.34. The smallest absolute Gasteiger partial charge is 0.260 e. The number of aromatic nitrogens is 1. The van der Waals surface area contributed by atoms with Crippen LogP contribution in [0.1, 0.15) is 24.2 Å². The number of halogens is 1. The van der Waals surface area contributed by atoms with Crippen molar-refractivity contribution in [3.8, 4) is 0 Å². The molecule has 7 nitrogen and oxygen atoms in total. The molecule has 0 bridgehead atoms. The van der Waals surface area contributed by atoms with Gasteiger partial charge in [0.05, 0.1) is 33.6 Å². The van der Waals surface area contributed by atoms with Crippen molar-refractivity contribution in [2.24, 2.45) is 0 Å². The second-order valence-corrected chi connectivity index (χ2v) is 12.7. The van der Waals surface area contributed by atoms with Crippen molar-refractivity contribution in [2.75, 3.05) is 50.5 Å². The Kier molecular flexibility index (Phi) is 9.59. The molecule has 1 aromatic heterocycles. The normalized spacial score (nSPS) is 14.7. The number of thiazole rings is 1. The number of sulfone groups is 1. The first-order valence-electron chi connectivity index (χ1n) is 11.2. The summed E-state index contributed by atoms with van der Waals surface area (Å²) in [6.07, 6.45) is 2.01. The van der Waals surface area contributed by atoms with E-state index in [1.807, 2.05) is 24.5 Å². The molecular formula is C24H30ClN3O4S3. The molecular weight excluding hydrogens is 526 g/mol. The van der Waals surface area contributed by atoms with Crippen LogP contribution < -0.4 is 4.90 Å². The molecule has 0 saturated carbocycles. The number of carbonyl (C=O) groups excluding carboxylic acids is 1. The number of thioether (sulfide) groups is 1. The number of nitrogens with zero attached hydrogens (tertiary/aromatic N) is 3. The highest BCUT2D eigenvalue weighted by atomic mass is 35.5. The first-order chi connectivity index (χ1) is 16.3. The predicted octanol–water partition coefficient (Wildman–Crippen LogP) is 4.60. The maximum Gasteiger partial charge on any atom is 0.260 e. The number of carbonyl (C=O) groups is 1. The molecule has 0 radical (unpaired) electrons. The minimum Gasteiger partial charge on any atom is -0.379 e. The molecule has 0 aliphatic carbocycles. The van der Waals surface area contributed by atoms with E-state index in [1.165, 1.54) is 17.4 Å². The van der Waals surface area contributed by atoms with Crippen LogP contribution in [0.25, 0.3) is 10.2 Å². The van der Waals surface area contributed by atoms with E-state index in [1.54, 1.807) is 48.7 Å². The first kappa shape index (κ1) is 27.9. The van der Waals surface area contributed by atoms with Crippen LogP contribution in [-0.4, -0.2) is 75.1 Å². The molecule has 0 N–H and O–H groups in total. The Morgan fingerprint density at radius 2 is 1.91 bits per heavy atom. The van der Waals surface area contributed by atoms with E-state index in [-0.39, 0.29) is 23.2 Å². The molecule has 1 fully saturated rings. The summed E-state index contributed by atoms with van der Waals surface area (Å²) in [7, 11) is -3.49. The van der Waals surface area contributed by atoms with Crippen LogP contribution in [-0.2, 0) is 14.6 Å². The molecule has 35 heavy (non-hydrogen) atoms. The number of morpholine rings is 1. The van der Waals surface area contributed by atoms with Crippen molar-refractivity contribution in [1.82, 2.24) is 9.88 Å². The Labute approximate surface area is 221 Å². The van der Waals surface area contributed by atoms with Crippen LogP contribution in [0.4, 0.5) is 5.13 Å². The fourth-order valence-corrected chi connectivity index (χ4v) is 6.53. The van der Waals surface area contributed by atoms with Crippen molar-refractivity contribution >= 4 is 66.6 Å². The Balaban J connectivity index is 0.00000342. The summed E-state index contributed by atoms with van der Waals surface area (Å²) in [6, 6.07) is 12.4. The first-order valence-corrected chi connectivity index (χ1v) is 14.8. The quantitative estimate of drug-likeness (QED) is 0.376. The molecule has 1 amide bonds. The van der Waals surface area contributed by atoms with E-state index in [9.17, 15) is 13.2 Å². The maximum absolute atomic E-state index is 13.7. The highest BCUT2D eigenvalue weighted by Gasteiger charge is 2.26. The van der Waals surface area contributed by atoms with Gasteiger partial charge < -0.3 is 4.74 Å². The Bertz CT molecular complexity index is 1270. The lowest BCUT2D eigenvalue weighted by molar-refractivity contribution is 0.0391. The Morgan fingerprint density at radius 1 is 1.20 bits per heavy atom. The summed E-state index contributed by atoms with van der Waals surface area (Å²) in [5.41, 5.74) is 1.23. The molecule has 0 unspecified atom stereocenters. The standard InChI is InChI=1S/C24H29N3O4S3.ClH/c1-17(2)34(29,30)19-7-4-6-18(16-19)23(28)27(11-10-26-12-14-31-15-13-26)24-25-22-20(32-3)8-5-9-21(22)33-24;/h4-9,16-17H,10-15H2,1-3H3;1H. The van der Waals surface area contributed by atoms with Crippen LogP contribution in [0, 0.1) is 0 Å². The fraction of sp³-hybridized carbons (Fsp3) is 0.417. The van der Waals surface area contributed by atoms with Gasteiger partial charge >= 0.3 is 0 Å². The van der Waals surface area contributed by atoms with E-state index in [4.69, 9.17) is 9.72 Å². The number of hydrogen-bond acceptors (Lipinski definition) is 8. The number of para-hydroxylation sites is 1. The summed E-state index contributed by atoms with van der Waals surface area (Å²) in [4.78, 5) is 23.8. The molecule has 1 aliphatic heterocycles. The predicted molar refractivity (Wildman–Crippen MR) is 146 cm³/mol. The van der Waals surface area contributed by atoms with E-state index in [0.717, 1.165) is 28.2 Å².